The van der Waals surface area contributed by atoms with E-state index >= 15 is 0 Å². The molecule has 0 bridgehead atoms. The standard InChI is InChI=1S/C16H13NO2/c1-19-11-6-7-13-12(8-9-17-15(13)10-11)14-4-2-3-5-16(14)18/h2-10,18H,1H3. The van der Waals surface area contributed by atoms with Gasteiger partial charge in [-0.25, -0.2) is 0 Å². The summed E-state index contributed by atoms with van der Waals surface area (Å²) in [7, 11) is 1.63. The van der Waals surface area contributed by atoms with E-state index < -0.39 is 0 Å². The molecule has 2 aromatic carbocycles. The number of rotatable bonds is 2. The molecule has 94 valence electrons. The summed E-state index contributed by atoms with van der Waals surface area (Å²) < 4.78 is 5.20. The number of hydrogen-bond donors (Lipinski definition) is 1. The van der Waals surface area contributed by atoms with Gasteiger partial charge in [-0.3, -0.25) is 4.98 Å². The van der Waals surface area contributed by atoms with E-state index in [1.807, 2.05) is 42.5 Å². The van der Waals surface area contributed by atoms with Crippen LogP contribution in [0.15, 0.2) is 54.7 Å². The molecule has 0 spiro atoms. The molecule has 0 aliphatic carbocycles. The maximum absolute atomic E-state index is 9.98. The van der Waals surface area contributed by atoms with E-state index in [1.165, 1.54) is 0 Å². The van der Waals surface area contributed by atoms with Crippen molar-refractivity contribution in [2.24, 2.45) is 0 Å². The molecule has 3 heteroatoms. The normalized spacial score (nSPS) is 10.6. The van der Waals surface area contributed by atoms with Gasteiger partial charge in [-0.2, -0.15) is 0 Å². The van der Waals surface area contributed by atoms with Gasteiger partial charge in [0.25, 0.3) is 0 Å². The van der Waals surface area contributed by atoms with Crippen molar-refractivity contribution in [3.8, 4) is 22.6 Å². The van der Waals surface area contributed by atoms with E-state index in [0.29, 0.717) is 0 Å². The number of ether oxygens (including phenoxy) is 1. The average molecular weight is 251 g/mol. The minimum absolute atomic E-state index is 0.269. The number of aromatic nitrogens is 1. The van der Waals surface area contributed by atoms with Crippen LogP contribution in [-0.2, 0) is 0 Å². The molecule has 3 aromatic rings. The lowest BCUT2D eigenvalue weighted by molar-refractivity contribution is 0.415. The van der Waals surface area contributed by atoms with Crippen molar-refractivity contribution in [1.29, 1.82) is 0 Å². The number of methoxy groups -OCH3 is 1. The van der Waals surface area contributed by atoms with Gasteiger partial charge in [0, 0.05) is 23.2 Å². The Hall–Kier alpha value is -2.55. The van der Waals surface area contributed by atoms with Crippen molar-refractivity contribution in [1.82, 2.24) is 4.98 Å². The lowest BCUT2D eigenvalue weighted by Gasteiger charge is -2.09. The number of para-hydroxylation sites is 1. The predicted molar refractivity (Wildman–Crippen MR) is 75.4 cm³/mol. The van der Waals surface area contributed by atoms with Gasteiger partial charge in [0.2, 0.25) is 0 Å². The summed E-state index contributed by atoms with van der Waals surface area (Å²) >= 11 is 0. The highest BCUT2D eigenvalue weighted by Gasteiger charge is 2.08. The number of nitrogens with zero attached hydrogens (tertiary/aromatic N) is 1. The largest absolute Gasteiger partial charge is 0.507 e. The monoisotopic (exact) mass is 251 g/mol. The third kappa shape index (κ3) is 1.99. The Kier molecular flexibility index (Phi) is 2.80. The molecule has 19 heavy (non-hydrogen) atoms. The number of benzene rings is 2. The van der Waals surface area contributed by atoms with Crippen LogP contribution in [-0.4, -0.2) is 17.2 Å². The Balaban J connectivity index is 2.28. The highest BCUT2D eigenvalue weighted by Crippen LogP contribution is 2.34. The smallest absolute Gasteiger partial charge is 0.123 e. The highest BCUT2D eigenvalue weighted by molar-refractivity contribution is 5.96. The maximum Gasteiger partial charge on any atom is 0.123 e. The first-order valence-corrected chi connectivity index (χ1v) is 6.01. The van der Waals surface area contributed by atoms with Crippen molar-refractivity contribution in [3.05, 3.63) is 54.7 Å². The van der Waals surface area contributed by atoms with E-state index in [9.17, 15) is 5.11 Å². The number of aromatic hydroxyl groups is 1. The zero-order chi connectivity index (χ0) is 13.2. The number of phenols is 1. The van der Waals surface area contributed by atoms with Crippen LogP contribution in [0.1, 0.15) is 0 Å². The molecule has 3 rings (SSSR count). The van der Waals surface area contributed by atoms with Crippen LogP contribution in [0.5, 0.6) is 11.5 Å². The van der Waals surface area contributed by atoms with E-state index in [4.69, 9.17) is 4.74 Å². The summed E-state index contributed by atoms with van der Waals surface area (Å²) in [4.78, 5) is 4.34. The third-order valence-corrected chi connectivity index (χ3v) is 3.14. The first kappa shape index (κ1) is 11.5. The Labute approximate surface area is 111 Å². The number of pyridine rings is 1. The molecule has 0 saturated heterocycles. The molecule has 0 radical (unpaired) electrons. The van der Waals surface area contributed by atoms with Crippen molar-refractivity contribution in [2.75, 3.05) is 7.11 Å². The van der Waals surface area contributed by atoms with Gasteiger partial charge in [-0.05, 0) is 29.8 Å². The fourth-order valence-corrected chi connectivity index (χ4v) is 2.19. The zero-order valence-corrected chi connectivity index (χ0v) is 10.5. The van der Waals surface area contributed by atoms with E-state index in [1.54, 1.807) is 19.4 Å². The molecule has 0 aliphatic rings. The quantitative estimate of drug-likeness (QED) is 0.756. The van der Waals surface area contributed by atoms with Gasteiger partial charge >= 0.3 is 0 Å². The van der Waals surface area contributed by atoms with Gasteiger partial charge < -0.3 is 9.84 Å². The lowest BCUT2D eigenvalue weighted by Crippen LogP contribution is -1.87. The van der Waals surface area contributed by atoms with Crippen molar-refractivity contribution in [3.63, 3.8) is 0 Å². The second kappa shape index (κ2) is 4.61. The first-order valence-electron chi connectivity index (χ1n) is 6.01. The lowest BCUT2D eigenvalue weighted by atomic mass is 10.0. The summed E-state index contributed by atoms with van der Waals surface area (Å²) in [5.41, 5.74) is 2.62. The second-order valence-corrected chi connectivity index (χ2v) is 4.26. The fourth-order valence-electron chi connectivity index (χ4n) is 2.19. The van der Waals surface area contributed by atoms with Crippen molar-refractivity contribution in [2.45, 2.75) is 0 Å². The molecule has 1 heterocycles. The van der Waals surface area contributed by atoms with Gasteiger partial charge in [-0.15, -0.1) is 0 Å². The van der Waals surface area contributed by atoms with E-state index in [0.717, 1.165) is 27.8 Å². The van der Waals surface area contributed by atoms with E-state index in [2.05, 4.69) is 4.98 Å². The summed E-state index contributed by atoms with van der Waals surface area (Å²) in [5.74, 6) is 1.04. The van der Waals surface area contributed by atoms with Gasteiger partial charge in [0.05, 0.1) is 12.6 Å². The average Bonchev–Trinajstić information content (AvgIpc) is 2.46. The number of phenolic OH excluding ortho intramolecular Hbond substituents is 1. The molecule has 0 atom stereocenters. The van der Waals surface area contributed by atoms with Gasteiger partial charge in [-0.1, -0.05) is 18.2 Å². The van der Waals surface area contributed by atoms with Crippen molar-refractivity contribution < 1.29 is 9.84 Å². The summed E-state index contributed by atoms with van der Waals surface area (Å²) in [6.45, 7) is 0. The number of hydrogen-bond acceptors (Lipinski definition) is 3. The molecular weight excluding hydrogens is 238 g/mol. The third-order valence-electron chi connectivity index (χ3n) is 3.14. The fraction of sp³-hybridized carbons (Fsp3) is 0.0625. The van der Waals surface area contributed by atoms with Crippen molar-refractivity contribution >= 4 is 10.9 Å². The second-order valence-electron chi connectivity index (χ2n) is 4.26. The Morgan fingerprint density at radius 3 is 2.63 bits per heavy atom. The molecule has 1 aromatic heterocycles. The SMILES string of the molecule is COc1ccc2c(-c3ccccc3O)ccnc2c1. The van der Waals surface area contributed by atoms with Crippen LogP contribution < -0.4 is 4.74 Å². The molecule has 3 nitrogen and oxygen atoms in total. The summed E-state index contributed by atoms with van der Waals surface area (Å²) in [6.07, 6.45) is 1.74. The summed E-state index contributed by atoms with van der Waals surface area (Å²) in [5, 5.41) is 11.0. The Morgan fingerprint density at radius 2 is 1.84 bits per heavy atom. The van der Waals surface area contributed by atoms with E-state index in [-0.39, 0.29) is 5.75 Å². The Morgan fingerprint density at radius 1 is 1.00 bits per heavy atom. The zero-order valence-electron chi connectivity index (χ0n) is 10.5. The highest BCUT2D eigenvalue weighted by atomic mass is 16.5. The Bertz CT molecular complexity index is 738. The van der Waals surface area contributed by atoms with Crippen LogP contribution in [0.2, 0.25) is 0 Å². The minimum Gasteiger partial charge on any atom is -0.507 e. The maximum atomic E-state index is 9.98. The molecular formula is C16H13NO2. The van der Waals surface area contributed by atoms with Crippen LogP contribution in [0.4, 0.5) is 0 Å². The van der Waals surface area contributed by atoms with Crippen LogP contribution in [0, 0.1) is 0 Å². The van der Waals surface area contributed by atoms with Crippen LogP contribution in [0.3, 0.4) is 0 Å². The van der Waals surface area contributed by atoms with Crippen LogP contribution in [0.25, 0.3) is 22.0 Å². The number of fused-ring (bicyclic) bond motifs is 1. The predicted octanol–water partition coefficient (Wildman–Crippen LogP) is 3.62. The topological polar surface area (TPSA) is 42.4 Å². The van der Waals surface area contributed by atoms with Gasteiger partial charge in [0.1, 0.15) is 11.5 Å². The minimum atomic E-state index is 0.269. The first-order chi connectivity index (χ1) is 9.29. The molecule has 0 fully saturated rings. The molecule has 0 amide bonds. The molecule has 0 saturated carbocycles. The van der Waals surface area contributed by atoms with Crippen LogP contribution >= 0.6 is 0 Å². The van der Waals surface area contributed by atoms with Gasteiger partial charge in [0.15, 0.2) is 0 Å². The molecule has 0 unspecified atom stereocenters. The molecule has 0 aliphatic heterocycles. The summed E-state index contributed by atoms with van der Waals surface area (Å²) in [6, 6.07) is 15.0. The molecule has 1 N–H and O–H groups in total.